The molecule has 1 aliphatic rings. The van der Waals surface area contributed by atoms with Crippen LogP contribution in [0.25, 0.3) is 0 Å². The van der Waals surface area contributed by atoms with Crippen LogP contribution in [-0.4, -0.2) is 52.1 Å². The second-order valence-corrected chi connectivity index (χ2v) is 9.06. The molecule has 2 rings (SSSR count). The molecule has 1 aliphatic heterocycles. The first-order valence-corrected chi connectivity index (χ1v) is 10.5. The van der Waals surface area contributed by atoms with Crippen molar-refractivity contribution < 1.29 is 14.3 Å². The van der Waals surface area contributed by atoms with Crippen LogP contribution in [0.1, 0.15) is 66.8 Å². The van der Waals surface area contributed by atoms with Crippen LogP contribution in [0.2, 0.25) is 0 Å². The third-order valence-corrected chi connectivity index (χ3v) is 5.38. The van der Waals surface area contributed by atoms with Crippen molar-refractivity contribution in [3.63, 3.8) is 0 Å². The van der Waals surface area contributed by atoms with Crippen molar-refractivity contribution in [3.8, 4) is 0 Å². The highest BCUT2D eigenvalue weighted by Gasteiger charge is 2.40. The maximum absolute atomic E-state index is 12.9. The molecule has 0 aromatic carbocycles. The molecule has 1 aromatic rings. The van der Waals surface area contributed by atoms with Gasteiger partial charge in [-0.2, -0.15) is 0 Å². The average molecular weight is 392 g/mol. The second kappa shape index (κ2) is 9.59. The molecule has 0 aliphatic carbocycles. The molecule has 2 unspecified atom stereocenters. The van der Waals surface area contributed by atoms with E-state index in [0.717, 1.165) is 32.4 Å². The highest BCUT2D eigenvalue weighted by Crippen LogP contribution is 2.31. The Morgan fingerprint density at radius 3 is 2.43 bits per heavy atom. The lowest BCUT2D eigenvalue weighted by Crippen LogP contribution is -2.46. The van der Waals surface area contributed by atoms with Crippen LogP contribution >= 0.6 is 0 Å². The van der Waals surface area contributed by atoms with Crippen molar-refractivity contribution in [1.29, 1.82) is 0 Å². The van der Waals surface area contributed by atoms with Gasteiger partial charge in [0.15, 0.2) is 0 Å². The summed E-state index contributed by atoms with van der Waals surface area (Å²) in [7, 11) is 0. The van der Waals surface area contributed by atoms with Crippen LogP contribution in [0.4, 0.5) is 0 Å². The zero-order valence-corrected chi connectivity index (χ0v) is 18.3. The van der Waals surface area contributed by atoms with Gasteiger partial charge in [0.05, 0.1) is 0 Å². The molecule has 1 N–H and O–H groups in total. The van der Waals surface area contributed by atoms with Crippen LogP contribution in [-0.2, 0) is 14.3 Å². The van der Waals surface area contributed by atoms with Gasteiger partial charge in [-0.1, -0.05) is 13.3 Å². The van der Waals surface area contributed by atoms with E-state index >= 15 is 0 Å². The Morgan fingerprint density at radius 2 is 1.89 bits per heavy atom. The average Bonchev–Trinajstić information content (AvgIpc) is 3.21. The Hall–Kier alpha value is -1.82. The summed E-state index contributed by atoms with van der Waals surface area (Å²) in [5.74, 6) is 0.135. The van der Waals surface area contributed by atoms with Crippen LogP contribution in [0.15, 0.2) is 24.5 Å². The van der Waals surface area contributed by atoms with Crippen LogP contribution in [0.3, 0.4) is 0 Å². The summed E-state index contributed by atoms with van der Waals surface area (Å²) in [6.45, 7) is 13.1. The predicted molar refractivity (Wildman–Crippen MR) is 111 cm³/mol. The summed E-state index contributed by atoms with van der Waals surface area (Å²) in [6.07, 6.45) is 6.91. The Labute approximate surface area is 169 Å². The first kappa shape index (κ1) is 22.5. The topological polar surface area (TPSA) is 63.6 Å². The number of aromatic nitrogens is 1. The molecule has 1 aromatic heterocycles. The summed E-state index contributed by atoms with van der Waals surface area (Å²) in [5.41, 5.74) is -0.499. The minimum Gasteiger partial charge on any atom is -0.459 e. The van der Waals surface area contributed by atoms with E-state index in [1.807, 2.05) is 32.9 Å². The Bertz CT molecular complexity index is 636. The number of nitrogens with one attached hydrogen (secondary N) is 1. The molecule has 0 bridgehead atoms. The van der Waals surface area contributed by atoms with Crippen LogP contribution < -0.4 is 5.32 Å². The molecular weight excluding hydrogens is 354 g/mol. The lowest BCUT2D eigenvalue weighted by molar-refractivity contribution is -0.160. The van der Waals surface area contributed by atoms with Gasteiger partial charge in [0.25, 0.3) is 0 Å². The molecule has 2 heterocycles. The first-order valence-electron chi connectivity index (χ1n) is 10.5. The fourth-order valence-corrected chi connectivity index (χ4v) is 4.11. The molecule has 1 amide bonds. The fourth-order valence-electron chi connectivity index (χ4n) is 4.11. The molecule has 6 heteroatoms. The summed E-state index contributed by atoms with van der Waals surface area (Å²) < 4.78 is 7.91. The molecule has 28 heavy (non-hydrogen) atoms. The number of ether oxygens (including phenoxy) is 1. The van der Waals surface area contributed by atoms with Crippen molar-refractivity contribution in [1.82, 2.24) is 14.8 Å². The van der Waals surface area contributed by atoms with E-state index in [2.05, 4.69) is 41.0 Å². The Morgan fingerprint density at radius 1 is 1.25 bits per heavy atom. The van der Waals surface area contributed by atoms with Crippen molar-refractivity contribution in [2.24, 2.45) is 5.92 Å². The molecule has 6 nitrogen and oxygen atoms in total. The van der Waals surface area contributed by atoms with Gasteiger partial charge in [-0.3, -0.25) is 14.5 Å². The van der Waals surface area contributed by atoms with Crippen LogP contribution in [0, 0.1) is 5.92 Å². The van der Waals surface area contributed by atoms with Gasteiger partial charge < -0.3 is 14.6 Å². The van der Waals surface area contributed by atoms with Gasteiger partial charge in [0.2, 0.25) is 5.91 Å². The van der Waals surface area contributed by atoms with E-state index in [9.17, 15) is 9.59 Å². The number of carbonyl (C=O) groups is 2. The van der Waals surface area contributed by atoms with E-state index < -0.39 is 5.60 Å². The number of nitrogens with zero attached hydrogens (tertiary/aromatic N) is 2. The summed E-state index contributed by atoms with van der Waals surface area (Å²) in [5, 5.41) is 3.04. The molecule has 4 atom stereocenters. The third kappa shape index (κ3) is 6.36. The summed E-state index contributed by atoms with van der Waals surface area (Å²) in [4.78, 5) is 26.7. The van der Waals surface area contributed by atoms with Crippen molar-refractivity contribution in [2.45, 2.75) is 84.5 Å². The van der Waals surface area contributed by atoms with Gasteiger partial charge >= 0.3 is 5.97 Å². The Balaban J connectivity index is 2.17. The van der Waals surface area contributed by atoms with Gasteiger partial charge in [-0.05, 0) is 58.6 Å². The van der Waals surface area contributed by atoms with E-state index in [1.165, 1.54) is 0 Å². The zero-order valence-electron chi connectivity index (χ0n) is 18.3. The molecule has 1 saturated heterocycles. The van der Waals surface area contributed by atoms with Crippen molar-refractivity contribution >= 4 is 11.9 Å². The normalized spacial score (nSPS) is 22.6. The zero-order chi connectivity index (χ0) is 20.9. The van der Waals surface area contributed by atoms with E-state index in [0.29, 0.717) is 5.92 Å². The largest absolute Gasteiger partial charge is 0.459 e. The highest BCUT2D eigenvalue weighted by molar-refractivity contribution is 5.76. The number of rotatable bonds is 8. The third-order valence-electron chi connectivity index (χ3n) is 5.38. The Kier molecular flexibility index (Phi) is 7.70. The molecule has 1 fully saturated rings. The van der Waals surface area contributed by atoms with Gasteiger partial charge in [0.1, 0.15) is 11.6 Å². The molecule has 0 radical (unpaired) electrons. The van der Waals surface area contributed by atoms with E-state index in [1.54, 1.807) is 6.92 Å². The number of hydrogen-bond donors (Lipinski definition) is 1. The fraction of sp³-hybridized carbons (Fsp3) is 0.727. The smallest absolute Gasteiger partial charge is 0.323 e. The first-order chi connectivity index (χ1) is 13.1. The minimum absolute atomic E-state index is 0.0102. The predicted octanol–water partition coefficient (Wildman–Crippen LogP) is 3.39. The van der Waals surface area contributed by atoms with Crippen molar-refractivity contribution in [2.75, 3.05) is 13.1 Å². The molecular formula is C22H37N3O3. The number of carbonyl (C=O) groups excluding carboxylic acids is 2. The van der Waals surface area contributed by atoms with E-state index in [4.69, 9.17) is 4.74 Å². The molecule has 0 spiro atoms. The van der Waals surface area contributed by atoms with Crippen LogP contribution in [0.5, 0.6) is 0 Å². The SMILES string of the molecule is CCCC(CN1C[C@H](n2cccc2)C[C@@H]1C(=O)OC(C)(C)C)C(C)NC(C)=O. The quantitative estimate of drug-likeness (QED) is 0.690. The van der Waals surface area contributed by atoms with Gasteiger partial charge in [-0.25, -0.2) is 0 Å². The maximum Gasteiger partial charge on any atom is 0.323 e. The summed E-state index contributed by atoms with van der Waals surface area (Å²) >= 11 is 0. The van der Waals surface area contributed by atoms with Crippen molar-refractivity contribution in [3.05, 3.63) is 24.5 Å². The number of hydrogen-bond acceptors (Lipinski definition) is 4. The standard InChI is InChI=1S/C22H37N3O3/c1-7-10-18(16(2)23-17(3)26)14-25-15-19(24-11-8-9-12-24)13-20(25)21(27)28-22(4,5)6/h8-9,11-12,16,18-20H,7,10,13-15H2,1-6H3,(H,23,26)/t16?,18?,19-,20-/m1/s1. The number of esters is 1. The number of likely N-dealkylation sites (tertiary alicyclic amines) is 1. The maximum atomic E-state index is 12.9. The lowest BCUT2D eigenvalue weighted by Gasteiger charge is -2.32. The molecule has 0 saturated carbocycles. The second-order valence-electron chi connectivity index (χ2n) is 9.06. The monoisotopic (exact) mass is 391 g/mol. The number of amides is 1. The lowest BCUT2D eigenvalue weighted by atomic mass is 9.95. The van der Waals surface area contributed by atoms with Gasteiger partial charge in [-0.15, -0.1) is 0 Å². The van der Waals surface area contributed by atoms with E-state index in [-0.39, 0.29) is 30.0 Å². The van der Waals surface area contributed by atoms with Gasteiger partial charge in [0, 0.05) is 44.5 Å². The molecule has 158 valence electrons. The summed E-state index contributed by atoms with van der Waals surface area (Å²) in [6, 6.07) is 4.11. The minimum atomic E-state index is -0.499. The highest BCUT2D eigenvalue weighted by atomic mass is 16.6.